The van der Waals surface area contributed by atoms with Crippen LogP contribution in [0, 0.1) is 0 Å². The first kappa shape index (κ1) is 15.1. The second-order valence-corrected chi connectivity index (χ2v) is 6.75. The molecule has 0 aliphatic carbocycles. The SMILES string of the molecule is Cn1ccnc1CN(Cc1cccs1)c1ccc2c(c1)OCCO2. The molecule has 0 unspecified atom stereocenters. The van der Waals surface area contributed by atoms with Crippen LogP contribution in [-0.4, -0.2) is 22.8 Å². The Kier molecular flexibility index (Phi) is 4.13. The molecule has 0 saturated carbocycles. The van der Waals surface area contributed by atoms with E-state index in [-0.39, 0.29) is 0 Å². The Labute approximate surface area is 145 Å². The van der Waals surface area contributed by atoms with Gasteiger partial charge in [-0.25, -0.2) is 4.98 Å². The fraction of sp³-hybridized carbons (Fsp3) is 0.278. The molecule has 5 nitrogen and oxygen atoms in total. The molecular weight excluding hydrogens is 322 g/mol. The molecule has 1 aromatic carbocycles. The Bertz CT molecular complexity index is 814. The van der Waals surface area contributed by atoms with Gasteiger partial charge in [0.1, 0.15) is 19.0 Å². The molecule has 124 valence electrons. The van der Waals surface area contributed by atoms with Gasteiger partial charge < -0.3 is 18.9 Å². The summed E-state index contributed by atoms with van der Waals surface area (Å²) in [6.07, 6.45) is 3.81. The Morgan fingerprint density at radius 2 is 2.04 bits per heavy atom. The summed E-state index contributed by atoms with van der Waals surface area (Å²) in [4.78, 5) is 8.10. The van der Waals surface area contributed by atoms with Crippen LogP contribution in [0.1, 0.15) is 10.7 Å². The van der Waals surface area contributed by atoms with Crippen LogP contribution < -0.4 is 14.4 Å². The van der Waals surface area contributed by atoms with Crippen molar-refractivity contribution in [3.63, 3.8) is 0 Å². The van der Waals surface area contributed by atoms with Crippen LogP contribution >= 0.6 is 11.3 Å². The van der Waals surface area contributed by atoms with Crippen molar-refractivity contribution in [1.29, 1.82) is 0 Å². The van der Waals surface area contributed by atoms with E-state index in [1.54, 1.807) is 11.3 Å². The van der Waals surface area contributed by atoms with Gasteiger partial charge in [-0.15, -0.1) is 11.3 Å². The Morgan fingerprint density at radius 1 is 1.17 bits per heavy atom. The molecule has 6 heteroatoms. The number of rotatable bonds is 5. The minimum Gasteiger partial charge on any atom is -0.486 e. The van der Waals surface area contributed by atoms with E-state index in [0.717, 1.165) is 36.1 Å². The molecule has 4 rings (SSSR count). The maximum Gasteiger partial charge on any atom is 0.163 e. The van der Waals surface area contributed by atoms with E-state index in [1.165, 1.54) is 4.88 Å². The number of aryl methyl sites for hydroxylation is 1. The van der Waals surface area contributed by atoms with E-state index in [1.807, 2.05) is 25.5 Å². The van der Waals surface area contributed by atoms with Gasteiger partial charge in [0.15, 0.2) is 11.5 Å². The van der Waals surface area contributed by atoms with Crippen LogP contribution in [0.25, 0.3) is 0 Å². The van der Waals surface area contributed by atoms with Crippen LogP contribution in [0.5, 0.6) is 11.5 Å². The zero-order valence-corrected chi connectivity index (χ0v) is 14.3. The topological polar surface area (TPSA) is 39.5 Å². The van der Waals surface area contributed by atoms with E-state index in [2.05, 4.69) is 44.1 Å². The van der Waals surface area contributed by atoms with E-state index < -0.39 is 0 Å². The van der Waals surface area contributed by atoms with Crippen molar-refractivity contribution in [2.45, 2.75) is 13.1 Å². The van der Waals surface area contributed by atoms with Gasteiger partial charge in [-0.05, 0) is 23.6 Å². The Balaban J connectivity index is 1.65. The quantitative estimate of drug-likeness (QED) is 0.712. The maximum atomic E-state index is 5.74. The van der Waals surface area contributed by atoms with Gasteiger partial charge in [-0.2, -0.15) is 0 Å². The highest BCUT2D eigenvalue weighted by atomic mass is 32.1. The summed E-state index contributed by atoms with van der Waals surface area (Å²) >= 11 is 1.77. The molecule has 0 saturated heterocycles. The highest BCUT2D eigenvalue weighted by molar-refractivity contribution is 7.09. The molecule has 0 spiro atoms. The predicted molar refractivity (Wildman–Crippen MR) is 94.8 cm³/mol. The third kappa shape index (κ3) is 3.10. The monoisotopic (exact) mass is 341 g/mol. The molecule has 0 N–H and O–H groups in total. The van der Waals surface area contributed by atoms with Gasteiger partial charge in [-0.3, -0.25) is 0 Å². The van der Waals surface area contributed by atoms with Gasteiger partial charge in [-0.1, -0.05) is 6.07 Å². The van der Waals surface area contributed by atoms with Crippen LogP contribution in [-0.2, 0) is 20.1 Å². The molecule has 1 aliphatic heterocycles. The predicted octanol–water partition coefficient (Wildman–Crippen LogP) is 3.46. The molecule has 0 bridgehead atoms. The highest BCUT2D eigenvalue weighted by Gasteiger charge is 2.17. The minimum atomic E-state index is 0.598. The molecule has 2 aromatic heterocycles. The number of fused-ring (bicyclic) bond motifs is 1. The number of anilines is 1. The third-order valence-electron chi connectivity index (χ3n) is 4.07. The minimum absolute atomic E-state index is 0.598. The standard InChI is InChI=1S/C18H19N3O2S/c1-20-7-6-19-18(20)13-21(12-15-3-2-10-24-15)14-4-5-16-17(11-14)23-9-8-22-16/h2-7,10-11H,8-9,12-13H2,1H3. The number of nitrogens with zero attached hydrogens (tertiary/aromatic N) is 3. The van der Waals surface area contributed by atoms with Gasteiger partial charge in [0.2, 0.25) is 0 Å². The van der Waals surface area contributed by atoms with Gasteiger partial charge in [0.05, 0.1) is 13.1 Å². The fourth-order valence-corrected chi connectivity index (χ4v) is 3.50. The number of thiophene rings is 1. The summed E-state index contributed by atoms with van der Waals surface area (Å²) in [5.41, 5.74) is 1.11. The molecule has 1 aliphatic rings. The molecule has 3 aromatic rings. The maximum absolute atomic E-state index is 5.74. The van der Waals surface area contributed by atoms with Crippen molar-refractivity contribution in [1.82, 2.24) is 9.55 Å². The fourth-order valence-electron chi connectivity index (χ4n) is 2.78. The number of hydrogen-bond donors (Lipinski definition) is 0. The molecule has 0 fully saturated rings. The summed E-state index contributed by atoms with van der Waals surface area (Å²) < 4.78 is 13.4. The molecule has 0 radical (unpaired) electrons. The first-order valence-electron chi connectivity index (χ1n) is 7.93. The van der Waals surface area contributed by atoms with Crippen molar-refractivity contribution >= 4 is 17.0 Å². The summed E-state index contributed by atoms with van der Waals surface area (Å²) in [6, 6.07) is 10.4. The van der Waals surface area contributed by atoms with E-state index in [4.69, 9.17) is 9.47 Å². The second-order valence-electron chi connectivity index (χ2n) is 5.72. The van der Waals surface area contributed by atoms with Crippen LogP contribution in [0.15, 0.2) is 48.1 Å². The van der Waals surface area contributed by atoms with Crippen LogP contribution in [0.2, 0.25) is 0 Å². The van der Waals surface area contributed by atoms with Crippen LogP contribution in [0.4, 0.5) is 5.69 Å². The summed E-state index contributed by atoms with van der Waals surface area (Å²) in [6.45, 7) is 2.78. The van der Waals surface area contributed by atoms with Crippen molar-refractivity contribution < 1.29 is 9.47 Å². The summed E-state index contributed by atoms with van der Waals surface area (Å²) in [7, 11) is 2.02. The van der Waals surface area contributed by atoms with Gasteiger partial charge in [0, 0.05) is 36.1 Å². The zero-order valence-electron chi connectivity index (χ0n) is 13.5. The Hall–Kier alpha value is -2.47. The van der Waals surface area contributed by atoms with E-state index in [9.17, 15) is 0 Å². The number of aromatic nitrogens is 2. The Morgan fingerprint density at radius 3 is 2.79 bits per heavy atom. The van der Waals surface area contributed by atoms with Crippen molar-refractivity contribution in [2.75, 3.05) is 18.1 Å². The number of ether oxygens (including phenoxy) is 2. The smallest absolute Gasteiger partial charge is 0.163 e. The van der Waals surface area contributed by atoms with Crippen molar-refractivity contribution in [3.05, 3.63) is 58.8 Å². The lowest BCUT2D eigenvalue weighted by atomic mass is 10.2. The zero-order chi connectivity index (χ0) is 16.4. The second kappa shape index (κ2) is 6.57. The van der Waals surface area contributed by atoms with Crippen LogP contribution in [0.3, 0.4) is 0 Å². The lowest BCUT2D eigenvalue weighted by molar-refractivity contribution is 0.171. The summed E-state index contributed by atoms with van der Waals surface area (Å²) in [5.74, 6) is 2.66. The summed E-state index contributed by atoms with van der Waals surface area (Å²) in [5, 5.41) is 2.11. The van der Waals surface area contributed by atoms with Gasteiger partial charge >= 0.3 is 0 Å². The van der Waals surface area contributed by atoms with E-state index in [0.29, 0.717) is 13.2 Å². The number of imidazole rings is 1. The number of benzene rings is 1. The molecule has 24 heavy (non-hydrogen) atoms. The third-order valence-corrected chi connectivity index (χ3v) is 4.93. The molecular formula is C18H19N3O2S. The first-order chi connectivity index (χ1) is 11.8. The largest absolute Gasteiger partial charge is 0.486 e. The van der Waals surface area contributed by atoms with Gasteiger partial charge in [0.25, 0.3) is 0 Å². The van der Waals surface area contributed by atoms with Crippen molar-refractivity contribution in [2.24, 2.45) is 7.05 Å². The lowest BCUT2D eigenvalue weighted by Gasteiger charge is -2.26. The molecule has 3 heterocycles. The average Bonchev–Trinajstić information content (AvgIpc) is 3.26. The highest BCUT2D eigenvalue weighted by Crippen LogP contribution is 2.35. The van der Waals surface area contributed by atoms with E-state index >= 15 is 0 Å². The molecule has 0 amide bonds. The average molecular weight is 341 g/mol. The van der Waals surface area contributed by atoms with Crippen molar-refractivity contribution in [3.8, 4) is 11.5 Å². The molecule has 0 atom stereocenters. The normalized spacial score (nSPS) is 13.0. The first-order valence-corrected chi connectivity index (χ1v) is 8.81. The number of hydrogen-bond acceptors (Lipinski definition) is 5. The lowest BCUT2D eigenvalue weighted by Crippen LogP contribution is -2.24.